The molecule has 0 spiro atoms. The summed E-state index contributed by atoms with van der Waals surface area (Å²) in [4.78, 5) is 14.0. The molecule has 0 radical (unpaired) electrons. The van der Waals surface area contributed by atoms with Crippen LogP contribution in [0.3, 0.4) is 0 Å². The molecule has 1 aromatic rings. The third kappa shape index (κ3) is 5.32. The van der Waals surface area contributed by atoms with Crippen LogP contribution < -0.4 is 0 Å². The Morgan fingerprint density at radius 2 is 1.83 bits per heavy atom. The van der Waals surface area contributed by atoms with Crippen LogP contribution in [0.1, 0.15) is 12.5 Å². The van der Waals surface area contributed by atoms with Gasteiger partial charge in [0.1, 0.15) is 0 Å². The van der Waals surface area contributed by atoms with Crippen molar-refractivity contribution in [1.29, 1.82) is 0 Å². The molecule has 3 heteroatoms. The standard InChI is InChI=1S/C15H23NOSi/c1-5-16(13-14-9-7-6-8-10-14)15(17)11-12-18(2,3)4/h6-12H,5,13H2,1-4H3/b12-11+. The van der Waals surface area contributed by atoms with E-state index in [-0.39, 0.29) is 5.91 Å². The van der Waals surface area contributed by atoms with Gasteiger partial charge in [-0.05, 0) is 18.6 Å². The fraction of sp³-hybridized carbons (Fsp3) is 0.400. The van der Waals surface area contributed by atoms with Gasteiger partial charge in [0.05, 0.1) is 8.07 Å². The molecule has 0 bridgehead atoms. The second kappa shape index (κ2) is 6.54. The van der Waals surface area contributed by atoms with Crippen LogP contribution in [0, 0.1) is 0 Å². The molecule has 1 rings (SSSR count). The number of hydrogen-bond donors (Lipinski definition) is 0. The summed E-state index contributed by atoms with van der Waals surface area (Å²) in [6.07, 6.45) is 1.75. The maximum absolute atomic E-state index is 12.1. The predicted molar refractivity (Wildman–Crippen MR) is 80.0 cm³/mol. The normalized spacial score (nSPS) is 11.8. The van der Waals surface area contributed by atoms with E-state index in [0.717, 1.165) is 6.54 Å². The lowest BCUT2D eigenvalue weighted by Gasteiger charge is -2.20. The number of carbonyl (C=O) groups is 1. The van der Waals surface area contributed by atoms with E-state index >= 15 is 0 Å². The van der Waals surface area contributed by atoms with Gasteiger partial charge in [0, 0.05) is 13.1 Å². The highest BCUT2D eigenvalue weighted by molar-refractivity contribution is 6.81. The molecule has 0 aliphatic rings. The number of carbonyl (C=O) groups excluding carboxylic acids is 1. The van der Waals surface area contributed by atoms with Crippen molar-refractivity contribution in [1.82, 2.24) is 4.90 Å². The summed E-state index contributed by atoms with van der Waals surface area (Å²) in [6, 6.07) is 10.1. The second-order valence-corrected chi connectivity index (χ2v) is 10.6. The smallest absolute Gasteiger partial charge is 0.246 e. The molecular weight excluding hydrogens is 238 g/mol. The molecule has 1 aromatic carbocycles. The third-order valence-corrected chi connectivity index (χ3v) is 3.80. The number of likely N-dealkylation sites (N-methyl/N-ethyl adjacent to an activating group) is 1. The Hall–Kier alpha value is -1.35. The highest BCUT2D eigenvalue weighted by Gasteiger charge is 2.12. The van der Waals surface area contributed by atoms with Crippen LogP contribution in [0.15, 0.2) is 42.1 Å². The zero-order valence-electron chi connectivity index (χ0n) is 11.8. The van der Waals surface area contributed by atoms with E-state index in [1.807, 2.05) is 30.0 Å². The van der Waals surface area contributed by atoms with Gasteiger partial charge in [0.15, 0.2) is 0 Å². The molecule has 0 aliphatic carbocycles. The Morgan fingerprint density at radius 1 is 1.22 bits per heavy atom. The monoisotopic (exact) mass is 261 g/mol. The fourth-order valence-electron chi connectivity index (χ4n) is 1.58. The Kier molecular flexibility index (Phi) is 5.35. The molecule has 0 atom stereocenters. The first kappa shape index (κ1) is 14.7. The molecule has 2 nitrogen and oxygen atoms in total. The molecule has 0 N–H and O–H groups in total. The van der Waals surface area contributed by atoms with Gasteiger partial charge in [0.2, 0.25) is 5.91 Å². The van der Waals surface area contributed by atoms with E-state index in [0.29, 0.717) is 6.54 Å². The van der Waals surface area contributed by atoms with Gasteiger partial charge >= 0.3 is 0 Å². The van der Waals surface area contributed by atoms with Gasteiger partial charge in [-0.25, -0.2) is 0 Å². The summed E-state index contributed by atoms with van der Waals surface area (Å²) in [5.74, 6) is 0.115. The van der Waals surface area contributed by atoms with Gasteiger partial charge in [-0.1, -0.05) is 55.7 Å². The quantitative estimate of drug-likeness (QED) is 0.587. The van der Waals surface area contributed by atoms with Crippen molar-refractivity contribution >= 4 is 14.0 Å². The summed E-state index contributed by atoms with van der Waals surface area (Å²) < 4.78 is 0. The SMILES string of the molecule is CCN(Cc1ccccc1)C(=O)/C=C/[Si](C)(C)C. The van der Waals surface area contributed by atoms with Crippen molar-refractivity contribution in [2.24, 2.45) is 0 Å². The Bertz CT molecular complexity index is 406. The zero-order valence-corrected chi connectivity index (χ0v) is 12.8. The van der Waals surface area contributed by atoms with E-state index in [2.05, 4.69) is 37.5 Å². The number of hydrogen-bond acceptors (Lipinski definition) is 1. The topological polar surface area (TPSA) is 20.3 Å². The van der Waals surface area contributed by atoms with Crippen molar-refractivity contribution in [3.05, 3.63) is 47.7 Å². The van der Waals surface area contributed by atoms with Gasteiger partial charge in [-0.3, -0.25) is 4.79 Å². The van der Waals surface area contributed by atoms with Crippen molar-refractivity contribution in [3.8, 4) is 0 Å². The number of benzene rings is 1. The number of amides is 1. The molecule has 0 saturated carbocycles. The highest BCUT2D eigenvalue weighted by Crippen LogP contribution is 2.07. The predicted octanol–water partition coefficient (Wildman–Crippen LogP) is 3.47. The van der Waals surface area contributed by atoms with Crippen molar-refractivity contribution in [3.63, 3.8) is 0 Å². The van der Waals surface area contributed by atoms with E-state index < -0.39 is 8.07 Å². The molecule has 0 saturated heterocycles. The van der Waals surface area contributed by atoms with E-state index in [9.17, 15) is 4.79 Å². The molecule has 98 valence electrons. The Morgan fingerprint density at radius 3 is 2.33 bits per heavy atom. The molecular formula is C15H23NOSi. The van der Waals surface area contributed by atoms with Gasteiger partial charge in [0.25, 0.3) is 0 Å². The Labute approximate surface area is 111 Å². The molecule has 0 aliphatic heterocycles. The maximum atomic E-state index is 12.1. The van der Waals surface area contributed by atoms with Crippen LogP contribution in [0.2, 0.25) is 19.6 Å². The van der Waals surface area contributed by atoms with Gasteiger partial charge < -0.3 is 4.90 Å². The lowest BCUT2D eigenvalue weighted by Crippen LogP contribution is -2.29. The summed E-state index contributed by atoms with van der Waals surface area (Å²) in [5.41, 5.74) is 3.28. The van der Waals surface area contributed by atoms with Crippen LogP contribution in [0.4, 0.5) is 0 Å². The Balaban J connectivity index is 2.67. The number of nitrogens with zero attached hydrogens (tertiary/aromatic N) is 1. The minimum absolute atomic E-state index is 0.115. The summed E-state index contributed by atoms with van der Waals surface area (Å²) >= 11 is 0. The average molecular weight is 261 g/mol. The molecule has 1 amide bonds. The molecule has 0 fully saturated rings. The first-order chi connectivity index (χ1) is 8.42. The van der Waals surface area contributed by atoms with Crippen LogP contribution in [-0.4, -0.2) is 25.4 Å². The first-order valence-electron chi connectivity index (χ1n) is 6.44. The van der Waals surface area contributed by atoms with Crippen LogP contribution in [-0.2, 0) is 11.3 Å². The molecule has 0 unspecified atom stereocenters. The van der Waals surface area contributed by atoms with E-state index in [1.165, 1.54) is 5.56 Å². The minimum Gasteiger partial charge on any atom is -0.335 e. The van der Waals surface area contributed by atoms with Gasteiger partial charge in [-0.2, -0.15) is 0 Å². The van der Waals surface area contributed by atoms with Crippen LogP contribution in [0.25, 0.3) is 0 Å². The minimum atomic E-state index is -1.30. The average Bonchev–Trinajstić information content (AvgIpc) is 2.33. The lowest BCUT2D eigenvalue weighted by atomic mass is 10.2. The number of rotatable bonds is 5. The highest BCUT2D eigenvalue weighted by atomic mass is 28.3. The van der Waals surface area contributed by atoms with Crippen molar-refractivity contribution < 1.29 is 4.79 Å². The molecule has 18 heavy (non-hydrogen) atoms. The third-order valence-electron chi connectivity index (χ3n) is 2.64. The van der Waals surface area contributed by atoms with Crippen LogP contribution >= 0.6 is 0 Å². The van der Waals surface area contributed by atoms with Crippen molar-refractivity contribution in [2.75, 3.05) is 6.54 Å². The van der Waals surface area contributed by atoms with E-state index in [1.54, 1.807) is 6.08 Å². The fourth-order valence-corrected chi connectivity index (χ4v) is 2.22. The van der Waals surface area contributed by atoms with Crippen LogP contribution in [0.5, 0.6) is 0 Å². The second-order valence-electron chi connectivity index (χ2n) is 5.54. The maximum Gasteiger partial charge on any atom is 0.246 e. The lowest BCUT2D eigenvalue weighted by molar-refractivity contribution is -0.126. The molecule has 0 heterocycles. The summed E-state index contributed by atoms with van der Waals surface area (Å²) in [6.45, 7) is 10.1. The van der Waals surface area contributed by atoms with Crippen molar-refractivity contribution in [2.45, 2.75) is 33.1 Å². The first-order valence-corrected chi connectivity index (χ1v) is 10.0. The van der Waals surface area contributed by atoms with E-state index in [4.69, 9.17) is 0 Å². The zero-order chi connectivity index (χ0) is 13.6. The summed E-state index contributed by atoms with van der Waals surface area (Å²) in [7, 11) is -1.30. The molecule has 0 aromatic heterocycles. The van der Waals surface area contributed by atoms with Gasteiger partial charge in [-0.15, -0.1) is 0 Å². The largest absolute Gasteiger partial charge is 0.335 e. The summed E-state index contributed by atoms with van der Waals surface area (Å²) in [5, 5.41) is 0.